The lowest BCUT2D eigenvalue weighted by atomic mass is 10.2. The molecule has 0 atom stereocenters. The Bertz CT molecular complexity index is 2050. The molecule has 4 aromatic carbocycles. The molecule has 0 N–H and O–H groups in total. The summed E-state index contributed by atoms with van der Waals surface area (Å²) in [6.07, 6.45) is 0. The van der Waals surface area contributed by atoms with E-state index in [2.05, 4.69) is 33.2 Å². The Morgan fingerprint density at radius 2 is 0.667 bits per heavy atom. The van der Waals surface area contributed by atoms with Crippen LogP contribution in [0.3, 0.4) is 0 Å². The Morgan fingerprint density at radius 1 is 0.429 bits per heavy atom. The van der Waals surface area contributed by atoms with Gasteiger partial charge in [0.1, 0.15) is 68.8 Å². The second-order valence-electron chi connectivity index (χ2n) is 9.17. The van der Waals surface area contributed by atoms with Gasteiger partial charge in [-0.15, -0.1) is 0 Å². The first-order valence-corrected chi connectivity index (χ1v) is 12.3. The van der Waals surface area contributed by atoms with Crippen LogP contribution in [0.4, 0.5) is 13.2 Å². The smallest absolute Gasteiger partial charge is 0.218 e. The molecular formula is C30H12F3N9. The summed E-state index contributed by atoms with van der Waals surface area (Å²) in [5.74, 6) is -1.71. The van der Waals surface area contributed by atoms with Crippen molar-refractivity contribution in [2.24, 2.45) is 0 Å². The molecule has 9 nitrogen and oxygen atoms in total. The molecule has 0 saturated carbocycles. The number of aromatic nitrogens is 6. The lowest BCUT2D eigenvalue weighted by Crippen LogP contribution is -2.00. The van der Waals surface area contributed by atoms with Gasteiger partial charge in [0.25, 0.3) is 0 Å². The fourth-order valence-corrected chi connectivity index (χ4v) is 5.16. The third-order valence-electron chi connectivity index (χ3n) is 6.86. The van der Waals surface area contributed by atoms with Gasteiger partial charge in [0.15, 0.2) is 0 Å². The third-order valence-corrected chi connectivity index (χ3v) is 6.86. The summed E-state index contributed by atoms with van der Waals surface area (Å²) in [6.45, 7) is 0. The van der Waals surface area contributed by atoms with Crippen LogP contribution in [0.1, 0.15) is 17.5 Å². The number of imidazole rings is 3. The van der Waals surface area contributed by atoms with Gasteiger partial charge in [-0.3, -0.25) is 13.7 Å². The molecule has 3 heterocycles. The van der Waals surface area contributed by atoms with Crippen LogP contribution in [-0.2, 0) is 0 Å². The highest BCUT2D eigenvalue weighted by Crippen LogP contribution is 2.39. The lowest BCUT2D eigenvalue weighted by molar-refractivity contribution is 0.627. The van der Waals surface area contributed by atoms with Crippen molar-refractivity contribution in [1.82, 2.24) is 28.7 Å². The minimum atomic E-state index is -0.491. The number of benzene rings is 4. The molecule has 0 fully saturated rings. The van der Waals surface area contributed by atoms with Crippen molar-refractivity contribution >= 4 is 33.1 Å². The third kappa shape index (κ3) is 3.45. The van der Waals surface area contributed by atoms with E-state index in [1.165, 1.54) is 86.5 Å². The molecule has 7 aromatic rings. The summed E-state index contributed by atoms with van der Waals surface area (Å²) in [6, 6.07) is 22.3. The van der Waals surface area contributed by atoms with Gasteiger partial charge < -0.3 is 0 Å². The zero-order chi connectivity index (χ0) is 29.1. The van der Waals surface area contributed by atoms with Crippen molar-refractivity contribution in [2.75, 3.05) is 0 Å². The topological polar surface area (TPSA) is 125 Å². The van der Waals surface area contributed by atoms with Gasteiger partial charge in [-0.05, 0) is 72.8 Å². The van der Waals surface area contributed by atoms with E-state index < -0.39 is 17.5 Å². The molecule has 0 aliphatic rings. The van der Waals surface area contributed by atoms with Gasteiger partial charge in [-0.25, -0.2) is 28.1 Å². The molecule has 0 bridgehead atoms. The monoisotopic (exact) mass is 555 g/mol. The number of rotatable bonds is 3. The molecule has 198 valence electrons. The maximum absolute atomic E-state index is 13.9. The quantitative estimate of drug-likeness (QED) is 0.274. The molecule has 0 amide bonds. The van der Waals surface area contributed by atoms with Crippen molar-refractivity contribution in [2.45, 2.75) is 0 Å². The predicted octanol–water partition coefficient (Wildman–Crippen LogP) is 5.74. The van der Waals surface area contributed by atoms with E-state index in [0.29, 0.717) is 17.1 Å². The Balaban J connectivity index is 1.77. The largest absolute Gasteiger partial charge is 0.282 e. The van der Waals surface area contributed by atoms with Gasteiger partial charge in [-0.1, -0.05) is 0 Å². The Hall–Kier alpha value is -6.45. The number of fused-ring (bicyclic) bond motifs is 6. The van der Waals surface area contributed by atoms with Crippen LogP contribution in [0.25, 0.3) is 50.2 Å². The first-order valence-electron chi connectivity index (χ1n) is 12.3. The summed E-state index contributed by atoms with van der Waals surface area (Å²) < 4.78 is 46.1. The molecule has 0 unspecified atom stereocenters. The number of nitriles is 3. The van der Waals surface area contributed by atoms with E-state index in [4.69, 9.17) is 0 Å². The van der Waals surface area contributed by atoms with E-state index in [0.717, 1.165) is 0 Å². The van der Waals surface area contributed by atoms with Crippen LogP contribution in [-0.4, -0.2) is 28.7 Å². The number of nitrogens with zero attached hydrogens (tertiary/aromatic N) is 9. The van der Waals surface area contributed by atoms with Gasteiger partial charge >= 0.3 is 0 Å². The molecule has 0 radical (unpaired) electrons. The minimum Gasteiger partial charge on any atom is -0.282 e. The van der Waals surface area contributed by atoms with Crippen molar-refractivity contribution in [3.8, 4) is 35.3 Å². The fourth-order valence-electron chi connectivity index (χ4n) is 5.16. The van der Waals surface area contributed by atoms with Crippen molar-refractivity contribution < 1.29 is 13.2 Å². The van der Waals surface area contributed by atoms with Gasteiger partial charge in [0, 0.05) is 17.1 Å². The molecule has 12 heteroatoms. The average Bonchev–Trinajstić information content (AvgIpc) is 3.69. The van der Waals surface area contributed by atoms with Crippen molar-refractivity contribution in [1.29, 1.82) is 15.8 Å². The van der Waals surface area contributed by atoms with E-state index in [1.807, 2.05) is 0 Å². The number of hydrogen-bond donors (Lipinski definition) is 0. The van der Waals surface area contributed by atoms with Gasteiger partial charge in [-0.2, -0.15) is 15.8 Å². The van der Waals surface area contributed by atoms with Crippen molar-refractivity contribution in [3.05, 3.63) is 108 Å². The molecule has 0 aliphatic heterocycles. The van der Waals surface area contributed by atoms with Crippen molar-refractivity contribution in [3.63, 3.8) is 0 Å². The highest BCUT2D eigenvalue weighted by Gasteiger charge is 2.29. The Morgan fingerprint density at radius 3 is 0.881 bits per heavy atom. The minimum absolute atomic E-state index is 0.0781. The predicted molar refractivity (Wildman–Crippen MR) is 144 cm³/mol. The standard InChI is InChI=1S/C30H12F3N9/c31-16-1-7-19(8-2-16)40-22(13-34)37-25-28(40)26-30(41(23(14-35)38-26)20-9-3-17(32)4-10-20)27-29(25)42(24(15-36)39-27)21-11-5-18(33)6-12-21/h1-12H. The molecular weight excluding hydrogens is 543 g/mol. The van der Waals surface area contributed by atoms with Crippen LogP contribution in [0.5, 0.6) is 0 Å². The zero-order valence-electron chi connectivity index (χ0n) is 21.1. The first kappa shape index (κ1) is 24.6. The number of hydrogen-bond acceptors (Lipinski definition) is 6. The van der Waals surface area contributed by atoms with E-state index in [-0.39, 0.29) is 50.6 Å². The summed E-state index contributed by atoms with van der Waals surface area (Å²) in [7, 11) is 0. The van der Waals surface area contributed by atoms with E-state index in [1.54, 1.807) is 0 Å². The van der Waals surface area contributed by atoms with Crippen LogP contribution < -0.4 is 0 Å². The highest BCUT2D eigenvalue weighted by molar-refractivity contribution is 6.20. The highest BCUT2D eigenvalue weighted by atomic mass is 19.1. The summed E-state index contributed by atoms with van der Waals surface area (Å²) in [5.41, 5.74) is 2.65. The van der Waals surface area contributed by atoms with Crippen LogP contribution in [0.15, 0.2) is 72.8 Å². The molecule has 0 saturated heterocycles. The van der Waals surface area contributed by atoms with Crippen LogP contribution in [0, 0.1) is 51.4 Å². The maximum atomic E-state index is 13.9. The van der Waals surface area contributed by atoms with E-state index in [9.17, 15) is 29.0 Å². The Kier molecular flexibility index (Phi) is 5.30. The van der Waals surface area contributed by atoms with Crippen LogP contribution in [0.2, 0.25) is 0 Å². The second kappa shape index (κ2) is 9.05. The normalized spacial score (nSPS) is 11.1. The summed E-state index contributed by atoms with van der Waals surface area (Å²) in [4.78, 5) is 13.8. The molecule has 42 heavy (non-hydrogen) atoms. The van der Waals surface area contributed by atoms with Gasteiger partial charge in [0.05, 0.1) is 0 Å². The number of halogens is 3. The molecule has 3 aromatic heterocycles. The van der Waals surface area contributed by atoms with Gasteiger partial charge in [0.2, 0.25) is 17.5 Å². The summed E-state index contributed by atoms with van der Waals surface area (Å²) >= 11 is 0. The maximum Gasteiger partial charge on any atom is 0.218 e. The van der Waals surface area contributed by atoms with E-state index >= 15 is 0 Å². The second-order valence-corrected chi connectivity index (χ2v) is 9.17. The summed E-state index contributed by atoms with van der Waals surface area (Å²) in [5, 5.41) is 30.4. The first-order chi connectivity index (χ1) is 20.4. The van der Waals surface area contributed by atoms with Crippen LogP contribution >= 0.6 is 0 Å². The SMILES string of the molecule is N#Cc1nc2c(c3nc(C#N)n(-c4ccc(F)cc4)c3c3nc(C#N)n(-c4ccc(F)cc4)c23)n1-c1ccc(F)cc1. The average molecular weight is 555 g/mol. The molecule has 7 rings (SSSR count). The molecule has 0 spiro atoms. The zero-order valence-corrected chi connectivity index (χ0v) is 21.1. The lowest BCUT2D eigenvalue weighted by Gasteiger charge is -2.10. The Labute approximate surface area is 233 Å². The fraction of sp³-hybridized carbons (Fsp3) is 0. The molecule has 0 aliphatic carbocycles.